The summed E-state index contributed by atoms with van der Waals surface area (Å²) in [5, 5.41) is 21.4. The number of carbonyl (C=O) groups excluding carboxylic acids is 2. The van der Waals surface area contributed by atoms with Gasteiger partial charge in [-0.2, -0.15) is 5.10 Å². The predicted octanol–water partition coefficient (Wildman–Crippen LogP) is 1.07. The van der Waals surface area contributed by atoms with E-state index < -0.39 is 23.6 Å². The van der Waals surface area contributed by atoms with Crippen molar-refractivity contribution in [3.63, 3.8) is 0 Å². The van der Waals surface area contributed by atoms with Crippen LogP contribution in [0.3, 0.4) is 0 Å². The lowest BCUT2D eigenvalue weighted by Crippen LogP contribution is -2.51. The van der Waals surface area contributed by atoms with Crippen molar-refractivity contribution in [1.82, 2.24) is 20.4 Å². The van der Waals surface area contributed by atoms with Crippen molar-refractivity contribution in [2.24, 2.45) is 0 Å². The van der Waals surface area contributed by atoms with Gasteiger partial charge in [0.2, 0.25) is 5.91 Å². The fraction of sp³-hybridized carbons (Fsp3) is 0.294. The molecule has 1 aromatic carbocycles. The summed E-state index contributed by atoms with van der Waals surface area (Å²) in [5.41, 5.74) is -0.781. The van der Waals surface area contributed by atoms with Gasteiger partial charge in [0.1, 0.15) is 6.04 Å². The van der Waals surface area contributed by atoms with Gasteiger partial charge in [0, 0.05) is 12.7 Å². The highest BCUT2D eigenvalue weighted by atomic mass is 16.4. The van der Waals surface area contributed by atoms with Gasteiger partial charge in [0.05, 0.1) is 11.9 Å². The zero-order valence-corrected chi connectivity index (χ0v) is 14.1. The second-order valence-corrected chi connectivity index (χ2v) is 6.18. The minimum absolute atomic E-state index is 0.119. The van der Waals surface area contributed by atoms with E-state index in [4.69, 9.17) is 0 Å². The number of hydrogen-bond acceptors (Lipinski definition) is 4. The number of urea groups is 1. The average molecular weight is 357 g/mol. The topological polar surface area (TPSA) is 125 Å². The van der Waals surface area contributed by atoms with Crippen LogP contribution in [0.5, 0.6) is 0 Å². The Morgan fingerprint density at radius 1 is 1.35 bits per heavy atom. The molecule has 0 saturated carbocycles. The van der Waals surface area contributed by atoms with Crippen molar-refractivity contribution >= 4 is 23.6 Å². The molecular weight excluding hydrogens is 338 g/mol. The van der Waals surface area contributed by atoms with E-state index in [9.17, 15) is 19.5 Å². The third-order valence-electron chi connectivity index (χ3n) is 4.34. The fourth-order valence-corrected chi connectivity index (χ4v) is 2.82. The number of aliphatic carboxylic acids is 1. The van der Waals surface area contributed by atoms with Crippen molar-refractivity contribution in [1.29, 1.82) is 0 Å². The molecule has 1 aliphatic heterocycles. The number of hydrogen-bond donors (Lipinski definition) is 4. The van der Waals surface area contributed by atoms with Crippen molar-refractivity contribution in [3.05, 3.63) is 48.3 Å². The minimum Gasteiger partial charge on any atom is -0.479 e. The summed E-state index contributed by atoms with van der Waals surface area (Å²) in [7, 11) is 0. The second-order valence-electron chi connectivity index (χ2n) is 6.18. The number of carboxylic acids is 1. The molecule has 1 fully saturated rings. The molecule has 0 bridgehead atoms. The molecule has 0 aliphatic carbocycles. The van der Waals surface area contributed by atoms with Crippen molar-refractivity contribution in [2.45, 2.75) is 24.9 Å². The first-order valence-corrected chi connectivity index (χ1v) is 8.10. The highest BCUT2D eigenvalue weighted by molar-refractivity contribution is 5.94. The molecular formula is C17H19N5O4. The first-order chi connectivity index (χ1) is 12.4. The number of rotatable bonds is 5. The Hall–Kier alpha value is -3.36. The molecule has 4 N–H and O–H groups in total. The lowest BCUT2D eigenvalue weighted by atomic mass is 9.92. The quantitative estimate of drug-likeness (QED) is 0.637. The van der Waals surface area contributed by atoms with Gasteiger partial charge in [-0.25, -0.2) is 9.59 Å². The lowest BCUT2D eigenvalue weighted by molar-refractivity contribution is -0.144. The predicted molar refractivity (Wildman–Crippen MR) is 92.5 cm³/mol. The van der Waals surface area contributed by atoms with E-state index in [1.165, 1.54) is 24.0 Å². The van der Waals surface area contributed by atoms with E-state index in [0.29, 0.717) is 24.2 Å². The van der Waals surface area contributed by atoms with Crippen LogP contribution in [0, 0.1) is 0 Å². The van der Waals surface area contributed by atoms with Crippen LogP contribution in [-0.4, -0.2) is 39.3 Å². The third kappa shape index (κ3) is 3.37. The highest BCUT2D eigenvalue weighted by Gasteiger charge is 2.37. The maximum absolute atomic E-state index is 12.3. The first-order valence-electron chi connectivity index (χ1n) is 8.10. The van der Waals surface area contributed by atoms with Crippen LogP contribution in [0.2, 0.25) is 0 Å². The Balaban J connectivity index is 1.71. The Labute approximate surface area is 149 Å². The Morgan fingerprint density at radius 2 is 2.08 bits per heavy atom. The van der Waals surface area contributed by atoms with Gasteiger partial charge >= 0.3 is 12.0 Å². The lowest BCUT2D eigenvalue weighted by Gasteiger charge is -2.26. The standard InChI is InChI=1S/C17H19N5O4/c1-17(15(24)25,11-5-3-2-4-6-11)21-16(26)20-12-9-19-22(10-12)13-7-8-18-14(13)23/h2-6,9-10,13H,7-8H2,1H3,(H,18,23)(H,24,25)(H2,20,21,26). The summed E-state index contributed by atoms with van der Waals surface area (Å²) >= 11 is 0. The monoisotopic (exact) mass is 357 g/mol. The summed E-state index contributed by atoms with van der Waals surface area (Å²) in [6.07, 6.45) is 3.57. The molecule has 2 heterocycles. The Morgan fingerprint density at radius 3 is 2.69 bits per heavy atom. The van der Waals surface area contributed by atoms with Crippen LogP contribution in [0.15, 0.2) is 42.7 Å². The maximum Gasteiger partial charge on any atom is 0.333 e. The Kier molecular flexibility index (Phi) is 4.61. The molecule has 26 heavy (non-hydrogen) atoms. The van der Waals surface area contributed by atoms with Gasteiger partial charge in [-0.3, -0.25) is 9.48 Å². The summed E-state index contributed by atoms with van der Waals surface area (Å²) in [6, 6.07) is 7.34. The van der Waals surface area contributed by atoms with Crippen LogP contribution in [0.1, 0.15) is 24.9 Å². The van der Waals surface area contributed by atoms with Gasteiger partial charge in [-0.15, -0.1) is 0 Å². The van der Waals surface area contributed by atoms with Crippen molar-refractivity contribution in [2.75, 3.05) is 11.9 Å². The number of carboxylic acid groups (broad SMARTS) is 1. The summed E-state index contributed by atoms with van der Waals surface area (Å²) in [6.45, 7) is 2.00. The molecule has 3 amide bonds. The molecule has 136 valence electrons. The largest absolute Gasteiger partial charge is 0.479 e. The molecule has 0 spiro atoms. The highest BCUT2D eigenvalue weighted by Crippen LogP contribution is 2.22. The van der Waals surface area contributed by atoms with E-state index in [1.807, 2.05) is 0 Å². The van der Waals surface area contributed by atoms with Gasteiger partial charge in [0.15, 0.2) is 5.54 Å². The zero-order valence-electron chi connectivity index (χ0n) is 14.1. The second kappa shape index (κ2) is 6.87. The van der Waals surface area contributed by atoms with E-state index >= 15 is 0 Å². The van der Waals surface area contributed by atoms with Gasteiger partial charge in [-0.1, -0.05) is 30.3 Å². The SMILES string of the molecule is CC(NC(=O)Nc1cnn(C2CCNC2=O)c1)(C(=O)O)c1ccccc1. The molecule has 3 rings (SSSR count). The van der Waals surface area contributed by atoms with Crippen LogP contribution in [-0.2, 0) is 15.1 Å². The number of nitrogens with zero attached hydrogens (tertiary/aromatic N) is 2. The third-order valence-corrected chi connectivity index (χ3v) is 4.34. The van der Waals surface area contributed by atoms with Gasteiger partial charge in [0.25, 0.3) is 0 Å². The van der Waals surface area contributed by atoms with Crippen molar-refractivity contribution in [3.8, 4) is 0 Å². The number of amides is 3. The number of benzene rings is 1. The zero-order chi connectivity index (χ0) is 18.7. The van der Waals surface area contributed by atoms with Crippen LogP contribution in [0.4, 0.5) is 10.5 Å². The molecule has 1 aliphatic rings. The van der Waals surface area contributed by atoms with E-state index in [-0.39, 0.29) is 5.91 Å². The summed E-state index contributed by atoms with van der Waals surface area (Å²) < 4.78 is 1.48. The number of nitrogens with one attached hydrogen (secondary N) is 3. The Bertz CT molecular complexity index is 835. The molecule has 2 aromatic rings. The van der Waals surface area contributed by atoms with Crippen molar-refractivity contribution < 1.29 is 19.5 Å². The maximum atomic E-state index is 12.3. The van der Waals surface area contributed by atoms with E-state index in [2.05, 4.69) is 21.0 Å². The van der Waals surface area contributed by atoms with Gasteiger partial charge in [-0.05, 0) is 18.9 Å². The minimum atomic E-state index is -1.59. The number of anilines is 1. The first kappa shape index (κ1) is 17.5. The molecule has 2 atom stereocenters. The van der Waals surface area contributed by atoms with Crippen LogP contribution in [0.25, 0.3) is 0 Å². The molecule has 1 aromatic heterocycles. The molecule has 2 unspecified atom stereocenters. The smallest absolute Gasteiger partial charge is 0.333 e. The average Bonchev–Trinajstić information content (AvgIpc) is 3.23. The van der Waals surface area contributed by atoms with Crippen LogP contribution < -0.4 is 16.0 Å². The fourth-order valence-electron chi connectivity index (χ4n) is 2.82. The number of aromatic nitrogens is 2. The molecule has 0 radical (unpaired) electrons. The molecule has 1 saturated heterocycles. The molecule has 9 heteroatoms. The van der Waals surface area contributed by atoms with E-state index in [0.717, 1.165) is 0 Å². The molecule has 9 nitrogen and oxygen atoms in total. The summed E-state index contributed by atoms with van der Waals surface area (Å²) in [4.78, 5) is 35.7. The number of carbonyl (C=O) groups is 3. The summed E-state index contributed by atoms with van der Waals surface area (Å²) in [5.74, 6) is -1.30. The van der Waals surface area contributed by atoms with Gasteiger partial charge < -0.3 is 21.1 Å². The van der Waals surface area contributed by atoms with E-state index in [1.54, 1.807) is 30.3 Å². The van der Waals surface area contributed by atoms with Crippen LogP contribution >= 0.6 is 0 Å². The normalized spacial score (nSPS) is 18.7.